The van der Waals surface area contributed by atoms with Gasteiger partial charge in [0.25, 0.3) is 11.8 Å². The summed E-state index contributed by atoms with van der Waals surface area (Å²) in [5, 5.41) is 4.03. The molecule has 29 heavy (non-hydrogen) atoms. The Kier molecular flexibility index (Phi) is 6.75. The van der Waals surface area contributed by atoms with E-state index in [1.807, 2.05) is 0 Å². The second-order valence-corrected chi connectivity index (χ2v) is 6.70. The highest BCUT2D eigenvalue weighted by molar-refractivity contribution is 5.92. The van der Waals surface area contributed by atoms with Crippen LogP contribution in [-0.4, -0.2) is 32.6 Å². The van der Waals surface area contributed by atoms with E-state index in [0.29, 0.717) is 5.56 Å². The number of aryl methyl sites for hydroxylation is 1. The first-order valence-electron chi connectivity index (χ1n) is 8.61. The zero-order valence-electron chi connectivity index (χ0n) is 16.0. The number of hydrogen-bond donors (Lipinski definition) is 3. The number of rotatable bonds is 5. The van der Waals surface area contributed by atoms with Gasteiger partial charge in [-0.2, -0.15) is 13.2 Å². The molecule has 0 saturated carbocycles. The van der Waals surface area contributed by atoms with E-state index in [9.17, 15) is 22.8 Å². The minimum absolute atomic E-state index is 0.0699. The monoisotopic (exact) mass is 410 g/mol. The number of carbonyl (C=O) groups is 2. The summed E-state index contributed by atoms with van der Waals surface area (Å²) in [7, 11) is 0. The van der Waals surface area contributed by atoms with E-state index in [4.69, 9.17) is 5.73 Å². The van der Waals surface area contributed by atoms with Gasteiger partial charge in [0.15, 0.2) is 5.82 Å². The molecule has 0 aliphatic rings. The minimum atomic E-state index is -4.48. The Morgan fingerprint density at radius 3 is 2.52 bits per heavy atom. The summed E-state index contributed by atoms with van der Waals surface area (Å²) >= 11 is 0. The Hall–Kier alpha value is -3.21. The van der Waals surface area contributed by atoms with E-state index >= 15 is 0 Å². The molecule has 2 aromatic rings. The number of nitrogens with zero attached hydrogens (tertiary/aromatic N) is 3. The number of amides is 2. The van der Waals surface area contributed by atoms with E-state index in [2.05, 4.69) is 20.9 Å². The van der Waals surface area contributed by atoms with Crippen molar-refractivity contribution in [3.63, 3.8) is 0 Å². The summed E-state index contributed by atoms with van der Waals surface area (Å²) in [4.78, 5) is 27.4. The van der Waals surface area contributed by atoms with E-state index in [0.717, 1.165) is 22.9 Å². The zero-order chi connectivity index (χ0) is 21.8. The van der Waals surface area contributed by atoms with Crippen molar-refractivity contribution in [1.29, 1.82) is 0 Å². The second kappa shape index (κ2) is 8.86. The van der Waals surface area contributed by atoms with Crippen LogP contribution in [0.4, 0.5) is 13.2 Å². The third-order valence-electron chi connectivity index (χ3n) is 3.88. The Bertz CT molecular complexity index is 921. The maximum absolute atomic E-state index is 13.0. The smallest absolute Gasteiger partial charge is 0.320 e. The van der Waals surface area contributed by atoms with Gasteiger partial charge in [0.1, 0.15) is 6.33 Å². The maximum atomic E-state index is 13.0. The number of nitrogens with one attached hydrogen (secondary N) is 2. The normalized spacial score (nSPS) is 13.0. The van der Waals surface area contributed by atoms with Crippen LogP contribution in [-0.2, 0) is 15.8 Å². The zero-order valence-corrected chi connectivity index (χ0v) is 16.0. The van der Waals surface area contributed by atoms with Gasteiger partial charge >= 0.3 is 6.18 Å². The molecule has 1 heterocycles. The average Bonchev–Trinajstić information content (AvgIpc) is 3.11. The lowest BCUT2D eigenvalue weighted by molar-refractivity contribution is -0.137. The van der Waals surface area contributed by atoms with Crippen LogP contribution in [0.15, 0.2) is 30.6 Å². The molecule has 8 nitrogen and oxygen atoms in total. The first kappa shape index (κ1) is 22.1. The molecule has 2 rings (SSSR count). The molecule has 0 aliphatic heterocycles. The third kappa shape index (κ3) is 6.14. The summed E-state index contributed by atoms with van der Waals surface area (Å²) in [5.74, 6) is -1.22. The van der Waals surface area contributed by atoms with Crippen molar-refractivity contribution in [2.24, 2.45) is 11.7 Å². The average molecular weight is 410 g/mol. The summed E-state index contributed by atoms with van der Waals surface area (Å²) in [6.45, 7) is 5.07. The molecule has 0 aliphatic carbocycles. The number of aromatic nitrogens is 3. The molecule has 1 atom stereocenters. The molecule has 0 fully saturated rings. The second-order valence-electron chi connectivity index (χ2n) is 6.70. The Labute approximate surface area is 165 Å². The summed E-state index contributed by atoms with van der Waals surface area (Å²) < 4.78 is 40.0. The van der Waals surface area contributed by atoms with Crippen molar-refractivity contribution in [3.8, 4) is 11.4 Å². The van der Waals surface area contributed by atoms with Gasteiger partial charge in [-0.3, -0.25) is 20.4 Å². The molecule has 1 aromatic carbocycles. The number of benzene rings is 1. The molecule has 2 amide bonds. The number of alkyl halides is 3. The maximum Gasteiger partial charge on any atom is 0.416 e. The van der Waals surface area contributed by atoms with Gasteiger partial charge in [-0.05, 0) is 36.6 Å². The van der Waals surface area contributed by atoms with Crippen LogP contribution in [0.2, 0.25) is 0 Å². The lowest BCUT2D eigenvalue weighted by atomic mass is 10.1. The molecule has 0 radical (unpaired) electrons. The predicted molar refractivity (Wildman–Crippen MR) is 99.6 cm³/mol. The van der Waals surface area contributed by atoms with Crippen molar-refractivity contribution >= 4 is 18.0 Å². The van der Waals surface area contributed by atoms with Crippen LogP contribution >= 0.6 is 0 Å². The SMILES string of the molecule is Cc1cc(-c2ncn(/C=C\C(=O)NNC(=O)[C@@H](N)C(C)C)n2)cc(C(F)(F)F)c1. The molecule has 11 heteroatoms. The summed E-state index contributed by atoms with van der Waals surface area (Å²) in [6, 6.07) is 2.74. The number of hydrogen-bond acceptors (Lipinski definition) is 5. The largest absolute Gasteiger partial charge is 0.416 e. The highest BCUT2D eigenvalue weighted by Gasteiger charge is 2.31. The topological polar surface area (TPSA) is 115 Å². The molecule has 0 spiro atoms. The fourth-order valence-corrected chi connectivity index (χ4v) is 2.25. The predicted octanol–water partition coefficient (Wildman–Crippen LogP) is 1.87. The van der Waals surface area contributed by atoms with Crippen LogP contribution in [0.1, 0.15) is 25.0 Å². The first-order valence-corrected chi connectivity index (χ1v) is 8.61. The van der Waals surface area contributed by atoms with Gasteiger partial charge in [0, 0.05) is 17.8 Å². The van der Waals surface area contributed by atoms with Crippen molar-refractivity contribution in [3.05, 3.63) is 41.7 Å². The highest BCUT2D eigenvalue weighted by Crippen LogP contribution is 2.32. The van der Waals surface area contributed by atoms with E-state index < -0.39 is 29.6 Å². The third-order valence-corrected chi connectivity index (χ3v) is 3.88. The molecule has 4 N–H and O–H groups in total. The fraction of sp³-hybridized carbons (Fsp3) is 0.333. The Morgan fingerprint density at radius 2 is 1.90 bits per heavy atom. The van der Waals surface area contributed by atoms with Gasteiger partial charge in [0.05, 0.1) is 11.6 Å². The van der Waals surface area contributed by atoms with Crippen molar-refractivity contribution in [1.82, 2.24) is 25.6 Å². The number of halogens is 3. The van der Waals surface area contributed by atoms with Gasteiger partial charge < -0.3 is 5.73 Å². The molecular formula is C18H21F3N6O2. The summed E-state index contributed by atoms with van der Waals surface area (Å²) in [5.41, 5.74) is 9.82. The highest BCUT2D eigenvalue weighted by atomic mass is 19.4. The molecule has 0 saturated heterocycles. The Morgan fingerprint density at radius 1 is 1.21 bits per heavy atom. The van der Waals surface area contributed by atoms with Crippen molar-refractivity contribution < 1.29 is 22.8 Å². The number of hydrazine groups is 1. The van der Waals surface area contributed by atoms with Crippen LogP contribution in [0.25, 0.3) is 17.6 Å². The van der Waals surface area contributed by atoms with Crippen molar-refractivity contribution in [2.45, 2.75) is 33.0 Å². The van der Waals surface area contributed by atoms with E-state index in [1.54, 1.807) is 20.8 Å². The lowest BCUT2D eigenvalue weighted by Gasteiger charge is -2.14. The van der Waals surface area contributed by atoms with Crippen LogP contribution in [0, 0.1) is 12.8 Å². The van der Waals surface area contributed by atoms with Crippen LogP contribution in [0.5, 0.6) is 0 Å². The molecule has 156 valence electrons. The van der Waals surface area contributed by atoms with Crippen LogP contribution < -0.4 is 16.6 Å². The molecule has 1 aromatic heterocycles. The van der Waals surface area contributed by atoms with Gasteiger partial charge in [0.2, 0.25) is 0 Å². The Balaban J connectivity index is 2.04. The quantitative estimate of drug-likeness (QED) is 0.514. The number of carbonyl (C=O) groups excluding carboxylic acids is 2. The fourth-order valence-electron chi connectivity index (χ4n) is 2.25. The van der Waals surface area contributed by atoms with Gasteiger partial charge in [-0.1, -0.05) is 13.8 Å². The van der Waals surface area contributed by atoms with Gasteiger partial charge in [-0.15, -0.1) is 5.10 Å². The van der Waals surface area contributed by atoms with E-state index in [-0.39, 0.29) is 17.3 Å². The van der Waals surface area contributed by atoms with E-state index in [1.165, 1.54) is 18.6 Å². The van der Waals surface area contributed by atoms with Crippen molar-refractivity contribution in [2.75, 3.05) is 0 Å². The standard InChI is InChI=1S/C18H21F3N6O2/c1-10(2)15(22)17(29)25-24-14(28)4-5-27-9-23-16(26-27)12-6-11(3)7-13(8-12)18(19,20)21/h4-10,15H,22H2,1-3H3,(H,24,28)(H,25,29)/b5-4-/t15-/m0/s1. The first-order chi connectivity index (χ1) is 13.5. The van der Waals surface area contributed by atoms with Crippen LogP contribution in [0.3, 0.4) is 0 Å². The molecule has 0 unspecified atom stereocenters. The lowest BCUT2D eigenvalue weighted by Crippen LogP contribution is -2.50. The molecule has 0 bridgehead atoms. The number of nitrogens with two attached hydrogens (primary N) is 1. The minimum Gasteiger partial charge on any atom is -0.320 e. The summed E-state index contributed by atoms with van der Waals surface area (Å²) in [6.07, 6.45) is -0.941. The molecular weight excluding hydrogens is 389 g/mol. The van der Waals surface area contributed by atoms with Gasteiger partial charge in [-0.25, -0.2) is 9.67 Å².